The van der Waals surface area contributed by atoms with Gasteiger partial charge in [-0.15, -0.1) is 0 Å². The fourth-order valence-electron chi connectivity index (χ4n) is 3.41. The van der Waals surface area contributed by atoms with E-state index in [4.69, 9.17) is 0 Å². The molecule has 1 unspecified atom stereocenters. The first kappa shape index (κ1) is 14.9. The van der Waals surface area contributed by atoms with Gasteiger partial charge in [0.15, 0.2) is 5.17 Å². The Bertz CT molecular complexity index is 686. The number of amides is 1. The van der Waals surface area contributed by atoms with Crippen molar-refractivity contribution in [3.63, 3.8) is 0 Å². The second-order valence-corrected chi connectivity index (χ2v) is 7.15. The van der Waals surface area contributed by atoms with E-state index >= 15 is 0 Å². The number of piperazine rings is 1. The highest BCUT2D eigenvalue weighted by molar-refractivity contribution is 8.18. The number of hydrogen-bond acceptors (Lipinski definition) is 4. The topological polar surface area (TPSA) is 35.9 Å². The number of aliphatic imine (C=N–C) groups is 1. The standard InChI is InChI=1S/C17H18FN3OS/c18-13-5-3-12(4-6-13)10-15-16(22)19-17(23-15)21-9-8-20-7-1-2-14(20)11-21/h3-6,10,14H,1-2,7-9,11H2/b15-10-. The molecule has 3 aliphatic heterocycles. The van der Waals surface area contributed by atoms with E-state index in [0.717, 1.165) is 30.4 Å². The van der Waals surface area contributed by atoms with Gasteiger partial charge in [-0.3, -0.25) is 9.69 Å². The summed E-state index contributed by atoms with van der Waals surface area (Å²) in [6.07, 6.45) is 4.29. The Morgan fingerprint density at radius 1 is 1.22 bits per heavy atom. The summed E-state index contributed by atoms with van der Waals surface area (Å²) in [6, 6.07) is 6.75. The molecule has 1 aromatic rings. The molecule has 4 nitrogen and oxygen atoms in total. The summed E-state index contributed by atoms with van der Waals surface area (Å²) in [6.45, 7) is 4.14. The molecule has 3 aliphatic rings. The number of thioether (sulfide) groups is 1. The second kappa shape index (κ2) is 6.09. The summed E-state index contributed by atoms with van der Waals surface area (Å²) < 4.78 is 13.0. The first-order valence-corrected chi connectivity index (χ1v) is 8.78. The number of nitrogens with zero attached hydrogens (tertiary/aromatic N) is 3. The zero-order chi connectivity index (χ0) is 15.8. The average molecular weight is 331 g/mol. The van der Waals surface area contributed by atoms with Crippen molar-refractivity contribution in [2.75, 3.05) is 26.2 Å². The molecule has 0 aromatic heterocycles. The van der Waals surface area contributed by atoms with Crippen LogP contribution in [0.5, 0.6) is 0 Å². The monoisotopic (exact) mass is 331 g/mol. The van der Waals surface area contributed by atoms with Crippen molar-refractivity contribution < 1.29 is 9.18 Å². The fraction of sp³-hybridized carbons (Fsp3) is 0.412. The highest BCUT2D eigenvalue weighted by atomic mass is 32.2. The Balaban J connectivity index is 1.47. The first-order chi connectivity index (χ1) is 11.2. The molecule has 1 aromatic carbocycles. The van der Waals surface area contributed by atoms with Crippen LogP contribution < -0.4 is 0 Å². The van der Waals surface area contributed by atoms with Crippen LogP contribution in [0.2, 0.25) is 0 Å². The molecule has 2 fully saturated rings. The quantitative estimate of drug-likeness (QED) is 0.741. The molecule has 6 heteroatoms. The highest BCUT2D eigenvalue weighted by Gasteiger charge is 2.34. The second-order valence-electron chi connectivity index (χ2n) is 6.14. The van der Waals surface area contributed by atoms with Crippen molar-refractivity contribution in [3.05, 3.63) is 40.6 Å². The van der Waals surface area contributed by atoms with Gasteiger partial charge in [0.05, 0.1) is 4.91 Å². The molecule has 4 rings (SSSR count). The Morgan fingerprint density at radius 3 is 2.87 bits per heavy atom. The van der Waals surface area contributed by atoms with E-state index in [1.54, 1.807) is 18.2 Å². The van der Waals surface area contributed by atoms with E-state index in [-0.39, 0.29) is 11.7 Å². The van der Waals surface area contributed by atoms with E-state index in [9.17, 15) is 9.18 Å². The van der Waals surface area contributed by atoms with Gasteiger partial charge in [0.25, 0.3) is 5.91 Å². The van der Waals surface area contributed by atoms with Crippen LogP contribution in [0.25, 0.3) is 6.08 Å². The van der Waals surface area contributed by atoms with Gasteiger partial charge in [-0.05, 0) is 54.9 Å². The summed E-state index contributed by atoms with van der Waals surface area (Å²) >= 11 is 1.43. The van der Waals surface area contributed by atoms with Crippen LogP contribution in [-0.2, 0) is 4.79 Å². The van der Waals surface area contributed by atoms with Crippen molar-refractivity contribution >= 4 is 28.9 Å². The van der Waals surface area contributed by atoms with Gasteiger partial charge >= 0.3 is 0 Å². The lowest BCUT2D eigenvalue weighted by Gasteiger charge is -2.38. The summed E-state index contributed by atoms with van der Waals surface area (Å²) in [5, 5.41) is 0.815. The van der Waals surface area contributed by atoms with Crippen LogP contribution in [-0.4, -0.2) is 53.1 Å². The third-order valence-electron chi connectivity index (χ3n) is 4.63. The molecular weight excluding hydrogens is 313 g/mol. The minimum Gasteiger partial charge on any atom is -0.348 e. The number of fused-ring (bicyclic) bond motifs is 1. The van der Waals surface area contributed by atoms with Gasteiger partial charge < -0.3 is 4.90 Å². The van der Waals surface area contributed by atoms with Gasteiger partial charge in [-0.2, -0.15) is 4.99 Å². The molecule has 0 bridgehead atoms. The van der Waals surface area contributed by atoms with Gasteiger partial charge in [0.2, 0.25) is 0 Å². The van der Waals surface area contributed by atoms with E-state index in [2.05, 4.69) is 14.8 Å². The maximum Gasteiger partial charge on any atom is 0.286 e. The number of hydrogen-bond donors (Lipinski definition) is 0. The largest absolute Gasteiger partial charge is 0.348 e. The number of benzene rings is 1. The summed E-state index contributed by atoms with van der Waals surface area (Å²) in [5.74, 6) is -0.466. The smallest absolute Gasteiger partial charge is 0.286 e. The predicted molar refractivity (Wildman–Crippen MR) is 90.6 cm³/mol. The zero-order valence-electron chi connectivity index (χ0n) is 12.7. The lowest BCUT2D eigenvalue weighted by atomic mass is 10.2. The van der Waals surface area contributed by atoms with Gasteiger partial charge in [-0.1, -0.05) is 12.1 Å². The molecule has 23 heavy (non-hydrogen) atoms. The van der Waals surface area contributed by atoms with Crippen molar-refractivity contribution in [2.24, 2.45) is 4.99 Å². The van der Waals surface area contributed by atoms with E-state index in [0.29, 0.717) is 10.9 Å². The van der Waals surface area contributed by atoms with Gasteiger partial charge in [-0.25, -0.2) is 4.39 Å². The van der Waals surface area contributed by atoms with Crippen molar-refractivity contribution in [1.82, 2.24) is 9.80 Å². The molecule has 0 saturated carbocycles. The number of carbonyl (C=O) groups excluding carboxylic acids is 1. The molecular formula is C17H18FN3OS. The molecule has 0 spiro atoms. The van der Waals surface area contributed by atoms with Crippen molar-refractivity contribution in [3.8, 4) is 0 Å². The van der Waals surface area contributed by atoms with Gasteiger partial charge in [0, 0.05) is 25.7 Å². The Kier molecular flexibility index (Phi) is 3.95. The first-order valence-electron chi connectivity index (χ1n) is 7.96. The lowest BCUT2D eigenvalue weighted by Crippen LogP contribution is -2.51. The van der Waals surface area contributed by atoms with Crippen LogP contribution in [0.15, 0.2) is 34.2 Å². The predicted octanol–water partition coefficient (Wildman–Crippen LogP) is 2.58. The Morgan fingerprint density at radius 2 is 2.04 bits per heavy atom. The third kappa shape index (κ3) is 3.05. The molecule has 2 saturated heterocycles. The van der Waals surface area contributed by atoms with Gasteiger partial charge in [0.1, 0.15) is 5.82 Å². The van der Waals surface area contributed by atoms with Crippen LogP contribution in [0.1, 0.15) is 18.4 Å². The number of carbonyl (C=O) groups is 1. The van der Waals surface area contributed by atoms with Crippen LogP contribution in [0, 0.1) is 5.82 Å². The van der Waals surface area contributed by atoms with Crippen molar-refractivity contribution in [2.45, 2.75) is 18.9 Å². The third-order valence-corrected chi connectivity index (χ3v) is 5.68. The summed E-state index contributed by atoms with van der Waals surface area (Å²) in [5.41, 5.74) is 0.819. The van der Waals surface area contributed by atoms with E-state index in [1.165, 1.54) is 43.3 Å². The van der Waals surface area contributed by atoms with E-state index < -0.39 is 0 Å². The van der Waals surface area contributed by atoms with Crippen LogP contribution in [0.3, 0.4) is 0 Å². The molecule has 1 atom stereocenters. The summed E-state index contributed by atoms with van der Waals surface area (Å²) in [7, 11) is 0. The van der Waals surface area contributed by atoms with Crippen molar-refractivity contribution in [1.29, 1.82) is 0 Å². The maximum atomic E-state index is 13.0. The maximum absolute atomic E-state index is 13.0. The van der Waals surface area contributed by atoms with Crippen LogP contribution in [0.4, 0.5) is 4.39 Å². The number of rotatable bonds is 1. The highest BCUT2D eigenvalue weighted by Crippen LogP contribution is 2.32. The van der Waals surface area contributed by atoms with E-state index in [1.807, 2.05) is 0 Å². The molecule has 0 N–H and O–H groups in total. The molecule has 120 valence electrons. The zero-order valence-corrected chi connectivity index (χ0v) is 13.6. The average Bonchev–Trinajstić information content (AvgIpc) is 3.16. The minimum absolute atomic E-state index is 0.192. The molecule has 3 heterocycles. The molecule has 0 aliphatic carbocycles. The molecule has 1 amide bonds. The normalized spacial score (nSPS) is 26.7. The minimum atomic E-state index is -0.274. The summed E-state index contributed by atoms with van der Waals surface area (Å²) in [4.78, 5) is 21.7. The fourth-order valence-corrected chi connectivity index (χ4v) is 4.36. The lowest BCUT2D eigenvalue weighted by molar-refractivity contribution is -0.113. The van der Waals surface area contributed by atoms with Crippen LogP contribution >= 0.6 is 11.8 Å². The Labute approximate surface area is 139 Å². The molecule has 0 radical (unpaired) electrons. The number of halogens is 1. The number of amidine groups is 1. The SMILES string of the molecule is O=C1N=C(N2CCN3CCCC3C2)S/C1=C\c1ccc(F)cc1. The Hall–Kier alpha value is -1.66.